The lowest BCUT2D eigenvalue weighted by atomic mass is 10.2. The number of hydrogen-bond donors (Lipinski definition) is 1. The molecule has 0 radical (unpaired) electrons. The molecule has 0 aromatic carbocycles. The molecule has 1 atom stereocenters. The Morgan fingerprint density at radius 3 is 3.06 bits per heavy atom. The third kappa shape index (κ3) is 6.10. The van der Waals surface area contributed by atoms with Gasteiger partial charge in [0.1, 0.15) is 0 Å². The summed E-state index contributed by atoms with van der Waals surface area (Å²) in [6.45, 7) is 0.597. The van der Waals surface area contributed by atoms with Gasteiger partial charge in [-0.2, -0.15) is 23.1 Å². The number of hydrogen-bond acceptors (Lipinski definition) is 4. The highest BCUT2D eigenvalue weighted by atomic mass is 32.2. The van der Waals surface area contributed by atoms with Crippen LogP contribution in [0.3, 0.4) is 0 Å². The Labute approximate surface area is 111 Å². The van der Waals surface area contributed by atoms with Gasteiger partial charge in [0.2, 0.25) is 5.91 Å². The van der Waals surface area contributed by atoms with E-state index in [0.717, 1.165) is 17.7 Å². The second-order valence-electron chi connectivity index (χ2n) is 3.75. The van der Waals surface area contributed by atoms with Crippen molar-refractivity contribution in [2.45, 2.75) is 18.9 Å². The van der Waals surface area contributed by atoms with E-state index in [-0.39, 0.29) is 12.0 Å². The highest BCUT2D eigenvalue weighted by Gasteiger charge is 2.09. The molecular weight excluding hydrogens is 254 g/mol. The van der Waals surface area contributed by atoms with Gasteiger partial charge in [0.05, 0.1) is 12.5 Å². The number of ether oxygens (including phenoxy) is 1. The van der Waals surface area contributed by atoms with Gasteiger partial charge in [-0.1, -0.05) is 0 Å². The first kappa shape index (κ1) is 14.5. The number of rotatable bonds is 8. The lowest BCUT2D eigenvalue weighted by molar-refractivity contribution is -0.121. The first-order chi connectivity index (χ1) is 8.26. The lowest BCUT2D eigenvalue weighted by Gasteiger charge is -2.15. The third-order valence-electron chi connectivity index (χ3n) is 2.45. The van der Waals surface area contributed by atoms with Crippen molar-refractivity contribution in [3.63, 3.8) is 0 Å². The molecule has 96 valence electrons. The van der Waals surface area contributed by atoms with Crippen molar-refractivity contribution in [3.8, 4) is 0 Å². The molecule has 5 heteroatoms. The zero-order chi connectivity index (χ0) is 12.5. The van der Waals surface area contributed by atoms with Gasteiger partial charge in [-0.3, -0.25) is 4.79 Å². The SMILES string of the molecule is COC(CCSC)CNC(=O)Cc1ccsc1. The molecule has 0 spiro atoms. The van der Waals surface area contributed by atoms with Crippen LogP contribution < -0.4 is 5.32 Å². The fourth-order valence-corrected chi connectivity index (χ4v) is 2.59. The summed E-state index contributed by atoms with van der Waals surface area (Å²) in [5.74, 6) is 1.12. The topological polar surface area (TPSA) is 38.3 Å². The Bertz CT molecular complexity index is 314. The van der Waals surface area contributed by atoms with E-state index in [1.165, 1.54) is 0 Å². The molecule has 1 heterocycles. The van der Waals surface area contributed by atoms with Gasteiger partial charge >= 0.3 is 0 Å². The monoisotopic (exact) mass is 273 g/mol. The summed E-state index contributed by atoms with van der Waals surface area (Å²) >= 11 is 3.41. The predicted octanol–water partition coefficient (Wildman–Crippen LogP) is 2.17. The highest BCUT2D eigenvalue weighted by molar-refractivity contribution is 7.98. The number of thiophene rings is 1. The van der Waals surface area contributed by atoms with Crippen molar-refractivity contribution < 1.29 is 9.53 Å². The fourth-order valence-electron chi connectivity index (χ4n) is 1.42. The zero-order valence-corrected chi connectivity index (χ0v) is 11.9. The van der Waals surface area contributed by atoms with Crippen LogP contribution in [-0.2, 0) is 16.0 Å². The Kier molecular flexibility index (Phi) is 7.32. The van der Waals surface area contributed by atoms with E-state index in [1.54, 1.807) is 30.2 Å². The van der Waals surface area contributed by atoms with Crippen molar-refractivity contribution in [1.29, 1.82) is 0 Å². The maximum Gasteiger partial charge on any atom is 0.224 e. The van der Waals surface area contributed by atoms with Gasteiger partial charge in [-0.05, 0) is 40.8 Å². The van der Waals surface area contributed by atoms with Gasteiger partial charge in [0.25, 0.3) is 0 Å². The molecule has 17 heavy (non-hydrogen) atoms. The highest BCUT2D eigenvalue weighted by Crippen LogP contribution is 2.07. The lowest BCUT2D eigenvalue weighted by Crippen LogP contribution is -2.34. The summed E-state index contributed by atoms with van der Waals surface area (Å²) in [5.41, 5.74) is 1.07. The Morgan fingerprint density at radius 1 is 1.65 bits per heavy atom. The van der Waals surface area contributed by atoms with Crippen molar-refractivity contribution in [2.24, 2.45) is 0 Å². The smallest absolute Gasteiger partial charge is 0.224 e. The van der Waals surface area contributed by atoms with Crippen LogP contribution in [0, 0.1) is 0 Å². The number of carbonyl (C=O) groups excluding carboxylic acids is 1. The van der Waals surface area contributed by atoms with Crippen LogP contribution in [0.1, 0.15) is 12.0 Å². The molecule has 1 aromatic rings. The summed E-state index contributed by atoms with van der Waals surface area (Å²) in [4.78, 5) is 11.6. The third-order valence-corrected chi connectivity index (χ3v) is 3.82. The van der Waals surface area contributed by atoms with E-state index in [9.17, 15) is 4.79 Å². The zero-order valence-electron chi connectivity index (χ0n) is 10.3. The molecule has 0 saturated carbocycles. The summed E-state index contributed by atoms with van der Waals surface area (Å²) in [6.07, 6.45) is 3.62. The Morgan fingerprint density at radius 2 is 2.47 bits per heavy atom. The quantitative estimate of drug-likeness (QED) is 0.789. The molecule has 0 aliphatic carbocycles. The number of thioether (sulfide) groups is 1. The second-order valence-corrected chi connectivity index (χ2v) is 5.52. The van der Waals surface area contributed by atoms with Crippen molar-refractivity contribution in [1.82, 2.24) is 5.32 Å². The molecular formula is C12H19NO2S2. The maximum atomic E-state index is 11.6. The van der Waals surface area contributed by atoms with Crippen LogP contribution in [-0.4, -0.2) is 37.7 Å². The van der Waals surface area contributed by atoms with E-state index in [4.69, 9.17) is 4.74 Å². The number of methoxy groups -OCH3 is 1. The molecule has 0 fully saturated rings. The Hall–Kier alpha value is -0.520. The van der Waals surface area contributed by atoms with Crippen LogP contribution in [0.4, 0.5) is 0 Å². The minimum absolute atomic E-state index is 0.0644. The van der Waals surface area contributed by atoms with Crippen molar-refractivity contribution >= 4 is 29.0 Å². The van der Waals surface area contributed by atoms with Crippen molar-refractivity contribution in [3.05, 3.63) is 22.4 Å². The Balaban J connectivity index is 2.21. The molecule has 0 aliphatic heterocycles. The predicted molar refractivity (Wildman–Crippen MR) is 74.8 cm³/mol. The van der Waals surface area contributed by atoms with Gasteiger partial charge in [-0.15, -0.1) is 0 Å². The fraction of sp³-hybridized carbons (Fsp3) is 0.583. The minimum atomic E-state index is 0.0644. The van der Waals surface area contributed by atoms with Crippen LogP contribution >= 0.6 is 23.1 Å². The van der Waals surface area contributed by atoms with E-state index < -0.39 is 0 Å². The standard InChI is InChI=1S/C12H19NO2S2/c1-15-11(4-5-16-2)8-13-12(14)7-10-3-6-17-9-10/h3,6,9,11H,4-5,7-8H2,1-2H3,(H,13,14). The number of carbonyl (C=O) groups is 1. The average molecular weight is 273 g/mol. The molecule has 0 saturated heterocycles. The molecule has 3 nitrogen and oxygen atoms in total. The van der Waals surface area contributed by atoms with Gasteiger partial charge in [0.15, 0.2) is 0 Å². The second kappa shape index (κ2) is 8.55. The van der Waals surface area contributed by atoms with Gasteiger partial charge in [0, 0.05) is 13.7 Å². The first-order valence-electron chi connectivity index (χ1n) is 5.55. The molecule has 0 aliphatic rings. The van der Waals surface area contributed by atoms with Crippen LogP contribution in [0.15, 0.2) is 16.8 Å². The van der Waals surface area contributed by atoms with Gasteiger partial charge < -0.3 is 10.1 Å². The molecule has 1 rings (SSSR count). The van der Waals surface area contributed by atoms with E-state index >= 15 is 0 Å². The van der Waals surface area contributed by atoms with Crippen LogP contribution in [0.2, 0.25) is 0 Å². The van der Waals surface area contributed by atoms with Crippen LogP contribution in [0.25, 0.3) is 0 Å². The largest absolute Gasteiger partial charge is 0.380 e. The summed E-state index contributed by atoms with van der Waals surface area (Å²) in [7, 11) is 1.69. The van der Waals surface area contributed by atoms with E-state index in [0.29, 0.717) is 13.0 Å². The molecule has 1 unspecified atom stereocenters. The minimum Gasteiger partial charge on any atom is -0.380 e. The average Bonchev–Trinajstić information content (AvgIpc) is 2.82. The maximum absolute atomic E-state index is 11.6. The first-order valence-corrected chi connectivity index (χ1v) is 7.89. The van der Waals surface area contributed by atoms with Crippen molar-refractivity contribution in [2.75, 3.05) is 25.7 Å². The van der Waals surface area contributed by atoms with E-state index in [2.05, 4.69) is 11.6 Å². The molecule has 1 N–H and O–H groups in total. The van der Waals surface area contributed by atoms with Gasteiger partial charge in [-0.25, -0.2) is 0 Å². The summed E-state index contributed by atoms with van der Waals surface area (Å²) < 4.78 is 5.31. The number of nitrogens with one attached hydrogen (secondary N) is 1. The number of amides is 1. The van der Waals surface area contributed by atoms with E-state index in [1.807, 2.05) is 16.8 Å². The summed E-state index contributed by atoms with van der Waals surface area (Å²) in [5, 5.41) is 6.90. The molecule has 1 amide bonds. The normalized spacial score (nSPS) is 12.4. The molecule has 1 aromatic heterocycles. The van der Waals surface area contributed by atoms with Crippen LogP contribution in [0.5, 0.6) is 0 Å². The summed E-state index contributed by atoms with van der Waals surface area (Å²) in [6, 6.07) is 1.98. The molecule has 0 bridgehead atoms.